The summed E-state index contributed by atoms with van der Waals surface area (Å²) in [4.78, 5) is 23.6. The number of aliphatic hydroxyl groups excluding tert-OH is 1. The minimum Gasteiger partial charge on any atom is -0.494 e. The van der Waals surface area contributed by atoms with Crippen LogP contribution in [-0.4, -0.2) is 49.5 Å². The molecule has 0 saturated carbocycles. The lowest BCUT2D eigenvalue weighted by Crippen LogP contribution is -2.42. The largest absolute Gasteiger partial charge is 0.494 e. The molecule has 2 N–H and O–H groups in total. The van der Waals surface area contributed by atoms with Gasteiger partial charge >= 0.3 is 5.97 Å². The number of nitrogens with one attached hydrogen (secondary N) is 1. The smallest absolute Gasteiger partial charge is 0.344 e. The molecule has 0 spiro atoms. The van der Waals surface area contributed by atoms with Crippen LogP contribution in [0.2, 0.25) is 0 Å². The monoisotopic (exact) mass is 367 g/mol. The summed E-state index contributed by atoms with van der Waals surface area (Å²) < 4.78 is 15.9. The van der Waals surface area contributed by atoms with Gasteiger partial charge in [0.05, 0.1) is 19.8 Å². The van der Waals surface area contributed by atoms with Gasteiger partial charge in [-0.3, -0.25) is 4.79 Å². The molecule has 0 aliphatic rings. The minimum absolute atomic E-state index is 0.0435. The first kappa shape index (κ1) is 21.8. The number of amides is 1. The van der Waals surface area contributed by atoms with E-state index in [1.165, 1.54) is 0 Å². The first-order chi connectivity index (χ1) is 12.3. The maximum absolute atomic E-state index is 11.8. The van der Waals surface area contributed by atoms with Crippen molar-refractivity contribution in [2.45, 2.75) is 40.2 Å². The highest BCUT2D eigenvalue weighted by Crippen LogP contribution is 2.17. The highest BCUT2D eigenvalue weighted by atomic mass is 16.6. The van der Waals surface area contributed by atoms with Crippen molar-refractivity contribution in [3.05, 3.63) is 24.3 Å². The minimum atomic E-state index is -0.817. The molecule has 1 unspecified atom stereocenters. The second-order valence-electron chi connectivity index (χ2n) is 6.86. The zero-order chi connectivity index (χ0) is 19.6. The maximum atomic E-state index is 11.8. The van der Waals surface area contributed by atoms with Crippen LogP contribution in [-0.2, 0) is 14.3 Å². The lowest BCUT2D eigenvalue weighted by molar-refractivity contribution is -0.154. The summed E-state index contributed by atoms with van der Waals surface area (Å²) in [7, 11) is 0. The summed E-state index contributed by atoms with van der Waals surface area (Å²) >= 11 is 0. The van der Waals surface area contributed by atoms with Gasteiger partial charge in [-0.05, 0) is 30.7 Å². The number of benzene rings is 1. The zero-order valence-corrected chi connectivity index (χ0v) is 15.9. The molecule has 1 aromatic carbocycles. The second kappa shape index (κ2) is 10.7. The molecule has 0 heterocycles. The summed E-state index contributed by atoms with van der Waals surface area (Å²) in [6.07, 6.45) is 0.106. The van der Waals surface area contributed by atoms with Crippen LogP contribution in [0.1, 0.15) is 34.1 Å². The Kier molecular flexibility index (Phi) is 8.92. The van der Waals surface area contributed by atoms with Gasteiger partial charge < -0.3 is 24.6 Å². The van der Waals surface area contributed by atoms with E-state index in [9.17, 15) is 14.7 Å². The van der Waals surface area contributed by atoms with Crippen molar-refractivity contribution < 1.29 is 28.9 Å². The zero-order valence-electron chi connectivity index (χ0n) is 15.9. The van der Waals surface area contributed by atoms with Crippen LogP contribution in [0.3, 0.4) is 0 Å². The van der Waals surface area contributed by atoms with Crippen LogP contribution in [0.4, 0.5) is 0 Å². The molecule has 146 valence electrons. The van der Waals surface area contributed by atoms with Crippen molar-refractivity contribution in [1.82, 2.24) is 5.32 Å². The molecule has 0 aliphatic carbocycles. The van der Waals surface area contributed by atoms with Gasteiger partial charge in [-0.2, -0.15) is 0 Å². The van der Waals surface area contributed by atoms with Crippen LogP contribution in [0.25, 0.3) is 0 Å². The van der Waals surface area contributed by atoms with Crippen LogP contribution < -0.4 is 14.8 Å². The van der Waals surface area contributed by atoms with Crippen LogP contribution in [0, 0.1) is 5.41 Å². The molecule has 0 aromatic heterocycles. The Balaban J connectivity index is 2.38. The number of aliphatic hydroxyl groups is 1. The highest BCUT2D eigenvalue weighted by molar-refractivity contribution is 5.81. The molecule has 0 bridgehead atoms. The fourth-order valence-corrected chi connectivity index (χ4v) is 1.83. The van der Waals surface area contributed by atoms with E-state index in [2.05, 4.69) is 5.32 Å². The van der Waals surface area contributed by atoms with Crippen molar-refractivity contribution in [2.24, 2.45) is 5.41 Å². The summed E-state index contributed by atoms with van der Waals surface area (Å²) in [5.41, 5.74) is -0.555. The molecule has 0 aliphatic heterocycles. The summed E-state index contributed by atoms with van der Waals surface area (Å²) in [5, 5.41) is 11.9. The van der Waals surface area contributed by atoms with Gasteiger partial charge in [-0.15, -0.1) is 0 Å². The Morgan fingerprint density at radius 3 is 2.19 bits per heavy atom. The SMILES string of the molecule is CCCOc1ccc(OCC(=O)OC(CO)CNC(=O)C(C)(C)C)cc1. The van der Waals surface area contributed by atoms with E-state index >= 15 is 0 Å². The van der Waals surface area contributed by atoms with E-state index in [1.807, 2.05) is 6.92 Å². The van der Waals surface area contributed by atoms with Gasteiger partial charge in [0.2, 0.25) is 5.91 Å². The number of ether oxygens (including phenoxy) is 3. The third-order valence-electron chi connectivity index (χ3n) is 3.33. The summed E-state index contributed by atoms with van der Waals surface area (Å²) in [6.45, 7) is 7.34. The summed E-state index contributed by atoms with van der Waals surface area (Å²) in [6, 6.07) is 6.92. The van der Waals surface area contributed by atoms with Crippen molar-refractivity contribution in [2.75, 3.05) is 26.4 Å². The third kappa shape index (κ3) is 8.20. The molecule has 7 nitrogen and oxygen atoms in total. The van der Waals surface area contributed by atoms with E-state index in [4.69, 9.17) is 14.2 Å². The fourth-order valence-electron chi connectivity index (χ4n) is 1.83. The molecule has 0 saturated heterocycles. The molecule has 1 aromatic rings. The first-order valence-corrected chi connectivity index (χ1v) is 8.70. The molecule has 1 rings (SSSR count). The van der Waals surface area contributed by atoms with Crippen molar-refractivity contribution >= 4 is 11.9 Å². The van der Waals surface area contributed by atoms with Gasteiger partial charge in [0.1, 0.15) is 17.6 Å². The maximum Gasteiger partial charge on any atom is 0.344 e. The van der Waals surface area contributed by atoms with Crippen LogP contribution in [0.5, 0.6) is 11.5 Å². The van der Waals surface area contributed by atoms with E-state index in [0.29, 0.717) is 12.4 Å². The van der Waals surface area contributed by atoms with Gasteiger partial charge in [-0.25, -0.2) is 4.79 Å². The predicted molar refractivity (Wildman–Crippen MR) is 97.2 cm³/mol. The number of hydrogen-bond acceptors (Lipinski definition) is 6. The normalized spacial score (nSPS) is 12.2. The standard InChI is InChI=1S/C19H29NO6/c1-5-10-24-14-6-8-15(9-7-14)25-13-17(22)26-16(12-21)11-20-18(23)19(2,3)4/h6-9,16,21H,5,10-13H2,1-4H3,(H,20,23). The Bertz CT molecular complexity index is 564. The van der Waals surface area contributed by atoms with Gasteiger partial charge in [0, 0.05) is 5.41 Å². The lowest BCUT2D eigenvalue weighted by Gasteiger charge is -2.21. The second-order valence-corrected chi connectivity index (χ2v) is 6.86. The third-order valence-corrected chi connectivity index (χ3v) is 3.33. The lowest BCUT2D eigenvalue weighted by atomic mass is 9.96. The van der Waals surface area contributed by atoms with E-state index < -0.39 is 17.5 Å². The fraction of sp³-hybridized carbons (Fsp3) is 0.579. The van der Waals surface area contributed by atoms with E-state index in [-0.39, 0.29) is 25.7 Å². The van der Waals surface area contributed by atoms with E-state index in [1.54, 1.807) is 45.0 Å². The number of carbonyl (C=O) groups is 2. The number of rotatable bonds is 10. The van der Waals surface area contributed by atoms with Crippen LogP contribution in [0.15, 0.2) is 24.3 Å². The molecule has 0 radical (unpaired) electrons. The van der Waals surface area contributed by atoms with Gasteiger partial charge in [0.25, 0.3) is 0 Å². The Morgan fingerprint density at radius 1 is 1.12 bits per heavy atom. The molecule has 7 heteroatoms. The van der Waals surface area contributed by atoms with Crippen molar-refractivity contribution in [3.8, 4) is 11.5 Å². The average Bonchev–Trinajstić information content (AvgIpc) is 2.61. The molecular formula is C19H29NO6. The molecule has 1 amide bonds. The summed E-state index contributed by atoms with van der Waals surface area (Å²) in [5.74, 6) is 0.429. The van der Waals surface area contributed by atoms with Gasteiger partial charge in [-0.1, -0.05) is 27.7 Å². The van der Waals surface area contributed by atoms with Crippen molar-refractivity contribution in [1.29, 1.82) is 0 Å². The Hall–Kier alpha value is -2.28. The van der Waals surface area contributed by atoms with Crippen molar-refractivity contribution in [3.63, 3.8) is 0 Å². The molecule has 26 heavy (non-hydrogen) atoms. The predicted octanol–water partition coefficient (Wildman–Crippen LogP) is 1.92. The molecule has 1 atom stereocenters. The van der Waals surface area contributed by atoms with Gasteiger partial charge in [0.15, 0.2) is 6.61 Å². The van der Waals surface area contributed by atoms with Crippen LogP contribution >= 0.6 is 0 Å². The van der Waals surface area contributed by atoms with E-state index in [0.717, 1.165) is 12.2 Å². The molecule has 0 fully saturated rings. The Morgan fingerprint density at radius 2 is 1.69 bits per heavy atom. The number of hydrogen-bond donors (Lipinski definition) is 2. The highest BCUT2D eigenvalue weighted by Gasteiger charge is 2.23. The average molecular weight is 367 g/mol. The number of carbonyl (C=O) groups excluding carboxylic acids is 2. The topological polar surface area (TPSA) is 94.1 Å². The first-order valence-electron chi connectivity index (χ1n) is 8.70. The quantitative estimate of drug-likeness (QED) is 0.614. The Labute approximate surface area is 154 Å². The molecular weight excluding hydrogens is 338 g/mol. The number of esters is 1.